The second-order valence-corrected chi connectivity index (χ2v) is 6.16. The Morgan fingerprint density at radius 2 is 1.93 bits per heavy atom. The molecule has 1 N–H and O–H groups in total. The van der Waals surface area contributed by atoms with Crippen molar-refractivity contribution >= 4 is 17.9 Å². The number of rotatable bonds is 5. The minimum atomic E-state index is -0.365. The first kappa shape index (κ1) is 18.4. The summed E-state index contributed by atoms with van der Waals surface area (Å²) >= 11 is 0. The normalized spacial score (nSPS) is 11.1. The molecule has 0 amide bonds. The van der Waals surface area contributed by atoms with Crippen molar-refractivity contribution in [3.63, 3.8) is 0 Å². The van der Waals surface area contributed by atoms with Gasteiger partial charge in [0, 0.05) is 11.9 Å². The smallest absolute Gasteiger partial charge is 0.338 e. The number of hydrogen-bond donors (Lipinski definition) is 1. The molecule has 0 aliphatic carbocycles. The van der Waals surface area contributed by atoms with Crippen molar-refractivity contribution in [3.8, 4) is 5.69 Å². The van der Waals surface area contributed by atoms with Gasteiger partial charge in [0.2, 0.25) is 0 Å². The maximum Gasteiger partial charge on any atom is 0.338 e. The van der Waals surface area contributed by atoms with Crippen LogP contribution in [0.3, 0.4) is 0 Å². The Morgan fingerprint density at radius 3 is 2.59 bits per heavy atom. The Hall–Kier alpha value is -3.41. The predicted octanol–water partition coefficient (Wildman–Crippen LogP) is 3.71. The van der Waals surface area contributed by atoms with Gasteiger partial charge in [-0.1, -0.05) is 12.1 Å². The number of carbonyl (C=O) groups excluding carboxylic acids is 1. The molecule has 0 radical (unpaired) electrons. The van der Waals surface area contributed by atoms with Crippen molar-refractivity contribution < 1.29 is 9.53 Å². The topological polar surface area (TPSA) is 76.4 Å². The zero-order valence-corrected chi connectivity index (χ0v) is 15.5. The van der Waals surface area contributed by atoms with E-state index in [-0.39, 0.29) is 11.5 Å². The summed E-state index contributed by atoms with van der Waals surface area (Å²) in [5.74, 6) is -0.365. The van der Waals surface area contributed by atoms with Crippen LogP contribution >= 0.6 is 0 Å². The number of aromatic nitrogens is 2. The lowest BCUT2D eigenvalue weighted by molar-refractivity contribution is 0.0526. The highest BCUT2D eigenvalue weighted by Gasteiger charge is 2.11. The van der Waals surface area contributed by atoms with E-state index >= 15 is 0 Å². The number of esters is 1. The summed E-state index contributed by atoms with van der Waals surface area (Å²) in [6.45, 7) is 5.91. The Labute approximate surface area is 157 Å². The molecule has 0 unspecified atom stereocenters. The van der Waals surface area contributed by atoms with Crippen LogP contribution in [0.4, 0.5) is 5.69 Å². The number of nitrogens with one attached hydrogen (secondary N) is 1. The molecular weight excluding hydrogens is 342 g/mol. The molecule has 27 heavy (non-hydrogen) atoms. The van der Waals surface area contributed by atoms with Crippen LogP contribution in [0.5, 0.6) is 0 Å². The van der Waals surface area contributed by atoms with Crippen LogP contribution in [0.1, 0.15) is 34.1 Å². The summed E-state index contributed by atoms with van der Waals surface area (Å²) in [6, 6.07) is 14.4. The van der Waals surface area contributed by atoms with Crippen molar-refractivity contribution in [2.24, 2.45) is 4.99 Å². The van der Waals surface area contributed by atoms with Gasteiger partial charge in [-0.2, -0.15) is 0 Å². The zero-order valence-electron chi connectivity index (χ0n) is 15.5. The molecule has 6 nitrogen and oxygen atoms in total. The summed E-state index contributed by atoms with van der Waals surface area (Å²) in [5, 5.41) is 3.08. The average molecular weight is 363 g/mol. The highest BCUT2D eigenvalue weighted by Crippen LogP contribution is 2.14. The van der Waals surface area contributed by atoms with Gasteiger partial charge in [-0.3, -0.25) is 14.9 Å². The highest BCUT2D eigenvalue weighted by atomic mass is 16.5. The molecule has 3 aromatic rings. The number of hydrogen-bond acceptors (Lipinski definition) is 4. The molecule has 0 saturated heterocycles. The molecule has 0 fully saturated rings. The lowest BCUT2D eigenvalue weighted by Gasteiger charge is -2.02. The van der Waals surface area contributed by atoms with E-state index in [4.69, 9.17) is 4.74 Å². The molecule has 6 heteroatoms. The van der Waals surface area contributed by atoms with Crippen molar-refractivity contribution in [1.82, 2.24) is 9.78 Å². The summed E-state index contributed by atoms with van der Waals surface area (Å²) in [5.41, 5.74) is 4.02. The molecular formula is C21H21N3O3. The van der Waals surface area contributed by atoms with Gasteiger partial charge in [0.1, 0.15) is 0 Å². The molecule has 0 spiro atoms. The molecule has 0 aliphatic heterocycles. The Bertz CT molecular complexity index is 1040. The van der Waals surface area contributed by atoms with Gasteiger partial charge in [-0.25, -0.2) is 9.48 Å². The SMILES string of the molecule is CCOC(=O)c1ccc(N=Cc2c(C)[nH]n(-c3cccc(C)c3)c2=O)cc1. The second kappa shape index (κ2) is 7.86. The standard InChI is InChI=1S/C21H21N3O3/c1-4-27-21(26)16-8-10-17(11-9-16)22-13-19-15(3)23-24(20(19)25)18-7-5-6-14(2)12-18/h5-13,23H,4H2,1-3H3. The van der Waals surface area contributed by atoms with Crippen LogP contribution in [0.15, 0.2) is 58.3 Å². The van der Waals surface area contributed by atoms with Crippen LogP contribution in [0.2, 0.25) is 0 Å². The number of H-pyrrole nitrogens is 1. The van der Waals surface area contributed by atoms with E-state index < -0.39 is 0 Å². The van der Waals surface area contributed by atoms with E-state index in [9.17, 15) is 9.59 Å². The van der Waals surface area contributed by atoms with Gasteiger partial charge >= 0.3 is 5.97 Å². The summed E-state index contributed by atoms with van der Waals surface area (Å²) in [7, 11) is 0. The van der Waals surface area contributed by atoms with E-state index in [0.29, 0.717) is 23.4 Å². The van der Waals surface area contributed by atoms with E-state index in [1.54, 1.807) is 37.4 Å². The quantitative estimate of drug-likeness (QED) is 0.554. The van der Waals surface area contributed by atoms with Crippen molar-refractivity contribution in [1.29, 1.82) is 0 Å². The number of ether oxygens (including phenoxy) is 1. The van der Waals surface area contributed by atoms with E-state index in [1.165, 1.54) is 4.68 Å². The third kappa shape index (κ3) is 4.06. The number of benzene rings is 2. The fourth-order valence-corrected chi connectivity index (χ4v) is 2.70. The van der Waals surface area contributed by atoms with E-state index in [1.807, 2.05) is 38.1 Å². The first-order valence-electron chi connectivity index (χ1n) is 8.69. The summed E-state index contributed by atoms with van der Waals surface area (Å²) in [6.07, 6.45) is 1.54. The fourth-order valence-electron chi connectivity index (χ4n) is 2.70. The van der Waals surface area contributed by atoms with Gasteiger partial charge in [0.05, 0.1) is 29.1 Å². The van der Waals surface area contributed by atoms with Crippen molar-refractivity contribution in [2.75, 3.05) is 6.61 Å². The molecule has 0 atom stereocenters. The van der Waals surface area contributed by atoms with Crippen molar-refractivity contribution in [2.45, 2.75) is 20.8 Å². The number of aromatic amines is 1. The van der Waals surface area contributed by atoms with Crippen LogP contribution in [0.25, 0.3) is 5.69 Å². The minimum Gasteiger partial charge on any atom is -0.462 e. The molecule has 3 rings (SSSR count). The lowest BCUT2D eigenvalue weighted by Crippen LogP contribution is -2.17. The lowest BCUT2D eigenvalue weighted by atomic mass is 10.2. The Kier molecular flexibility index (Phi) is 5.35. The van der Waals surface area contributed by atoms with Gasteiger partial charge in [0.25, 0.3) is 5.56 Å². The van der Waals surface area contributed by atoms with Crippen LogP contribution in [0, 0.1) is 13.8 Å². The second-order valence-electron chi connectivity index (χ2n) is 6.16. The molecule has 2 aromatic carbocycles. The maximum absolute atomic E-state index is 12.7. The van der Waals surface area contributed by atoms with Crippen LogP contribution in [-0.2, 0) is 4.74 Å². The third-order valence-corrected chi connectivity index (χ3v) is 4.10. The predicted molar refractivity (Wildman–Crippen MR) is 106 cm³/mol. The first-order valence-corrected chi connectivity index (χ1v) is 8.69. The first-order chi connectivity index (χ1) is 13.0. The molecule has 0 bridgehead atoms. The highest BCUT2D eigenvalue weighted by molar-refractivity contribution is 5.90. The Balaban J connectivity index is 1.86. The fraction of sp³-hybridized carbons (Fsp3) is 0.190. The number of carbonyl (C=O) groups is 1. The van der Waals surface area contributed by atoms with E-state index in [2.05, 4.69) is 10.1 Å². The minimum absolute atomic E-state index is 0.162. The van der Waals surface area contributed by atoms with Crippen LogP contribution < -0.4 is 5.56 Å². The average Bonchev–Trinajstić information content (AvgIpc) is 2.94. The molecule has 138 valence electrons. The Morgan fingerprint density at radius 1 is 1.19 bits per heavy atom. The summed E-state index contributed by atoms with van der Waals surface area (Å²) in [4.78, 5) is 28.8. The van der Waals surface area contributed by atoms with Gasteiger partial charge in [0.15, 0.2) is 0 Å². The number of aliphatic imine (C=N–C) groups is 1. The monoisotopic (exact) mass is 363 g/mol. The molecule has 1 aromatic heterocycles. The van der Waals surface area contributed by atoms with Gasteiger partial charge < -0.3 is 4.74 Å². The number of aryl methyl sites for hydroxylation is 2. The maximum atomic E-state index is 12.7. The van der Waals surface area contributed by atoms with Gasteiger partial charge in [-0.15, -0.1) is 0 Å². The largest absolute Gasteiger partial charge is 0.462 e. The molecule has 0 aliphatic rings. The molecule has 1 heterocycles. The van der Waals surface area contributed by atoms with E-state index in [0.717, 1.165) is 16.9 Å². The third-order valence-electron chi connectivity index (χ3n) is 4.10. The number of nitrogens with zero attached hydrogens (tertiary/aromatic N) is 2. The van der Waals surface area contributed by atoms with Crippen molar-refractivity contribution in [3.05, 3.63) is 81.3 Å². The molecule has 0 saturated carbocycles. The summed E-state index contributed by atoms with van der Waals surface area (Å²) < 4.78 is 6.46. The van der Waals surface area contributed by atoms with Gasteiger partial charge in [-0.05, 0) is 62.7 Å². The van der Waals surface area contributed by atoms with Crippen LogP contribution in [-0.4, -0.2) is 28.6 Å². The zero-order chi connectivity index (χ0) is 19.4.